The Labute approximate surface area is 249 Å². The largest absolute Gasteiger partial charge is 0.444 e. The summed E-state index contributed by atoms with van der Waals surface area (Å²) in [5.74, 6) is 0. The van der Waals surface area contributed by atoms with E-state index >= 15 is 0 Å². The fraction of sp³-hybridized carbons (Fsp3) is 0.484. The third kappa shape index (κ3) is 13.2. The molecule has 1 amide bonds. The lowest BCUT2D eigenvalue weighted by Gasteiger charge is -2.19. The molecule has 0 aliphatic rings. The average Bonchev–Trinajstić information content (AvgIpc) is 3.41. The van der Waals surface area contributed by atoms with Crippen molar-refractivity contribution in [1.82, 2.24) is 20.3 Å². The lowest BCUT2D eigenvalue weighted by Crippen LogP contribution is -2.34. The lowest BCUT2D eigenvalue weighted by atomic mass is 10.1. The Bertz CT molecular complexity index is 1220. The summed E-state index contributed by atoms with van der Waals surface area (Å²) in [4.78, 5) is 13.7. The fourth-order valence-corrected chi connectivity index (χ4v) is 3.70. The van der Waals surface area contributed by atoms with Gasteiger partial charge < -0.3 is 29.2 Å². The molecule has 0 spiro atoms. The molecule has 2 heterocycles. The minimum absolute atomic E-state index is 0.384. The normalized spacial score (nSPS) is 11.6. The predicted molar refractivity (Wildman–Crippen MR) is 162 cm³/mol. The number of ether oxygens (including phenoxy) is 4. The van der Waals surface area contributed by atoms with Crippen molar-refractivity contribution in [3.05, 3.63) is 71.8 Å². The zero-order chi connectivity index (χ0) is 30.2. The Morgan fingerprint density at radius 3 is 2.31 bits per heavy atom. The molecule has 1 N–H and O–H groups in total. The second-order valence-corrected chi connectivity index (χ2v) is 10.8. The van der Waals surface area contributed by atoms with Crippen LogP contribution in [0.15, 0.2) is 55.0 Å². The number of likely N-dealkylation sites (N-methyl/N-ethyl adjacent to an activating group) is 1. The van der Waals surface area contributed by atoms with E-state index in [-0.39, 0.29) is 0 Å². The Kier molecular flexibility index (Phi) is 13.4. The minimum Gasteiger partial charge on any atom is -0.444 e. The molecule has 0 radical (unpaired) electrons. The topological polar surface area (TPSA) is 104 Å². The second kappa shape index (κ2) is 17.2. The van der Waals surface area contributed by atoms with Crippen LogP contribution in [0.25, 0.3) is 12.2 Å². The Hall–Kier alpha value is -3.80. The highest BCUT2D eigenvalue weighted by Crippen LogP contribution is 2.15. The first-order valence-corrected chi connectivity index (χ1v) is 14.2. The number of hydrogen-bond donors (Lipinski definition) is 1. The maximum Gasteiger partial charge on any atom is 0.407 e. The number of nitrogens with zero attached hydrogens (tertiary/aromatic N) is 5. The fourth-order valence-electron chi connectivity index (χ4n) is 3.70. The molecule has 0 unspecified atom stereocenters. The SMILES string of the molecule is CN(CCOCc1cn(CCOCCOCCNC(=O)OC(C)(C)C)nn1)c1ccc(/C=C/c2cc[n+](C)cc2)cc1. The summed E-state index contributed by atoms with van der Waals surface area (Å²) in [7, 11) is 4.07. The number of alkyl carbamates (subject to hydrolysis) is 1. The van der Waals surface area contributed by atoms with Crippen LogP contribution < -0.4 is 14.8 Å². The molecule has 11 heteroatoms. The number of nitrogens with one attached hydrogen (secondary N) is 1. The second-order valence-electron chi connectivity index (χ2n) is 10.8. The number of carbonyl (C=O) groups is 1. The molecule has 11 nitrogen and oxygen atoms in total. The van der Waals surface area contributed by atoms with Crippen molar-refractivity contribution in [1.29, 1.82) is 0 Å². The van der Waals surface area contributed by atoms with Crippen LogP contribution in [-0.2, 0) is 39.1 Å². The molecule has 2 aromatic heterocycles. The van der Waals surface area contributed by atoms with Crippen LogP contribution in [0.5, 0.6) is 0 Å². The number of rotatable bonds is 17. The maximum atomic E-state index is 11.5. The van der Waals surface area contributed by atoms with Crippen molar-refractivity contribution in [3.8, 4) is 0 Å². The smallest absolute Gasteiger partial charge is 0.407 e. The van der Waals surface area contributed by atoms with Crippen LogP contribution in [0.3, 0.4) is 0 Å². The lowest BCUT2D eigenvalue weighted by molar-refractivity contribution is -0.671. The third-order valence-corrected chi connectivity index (χ3v) is 5.96. The van der Waals surface area contributed by atoms with E-state index in [1.54, 1.807) is 4.68 Å². The summed E-state index contributed by atoms with van der Waals surface area (Å²) in [6, 6.07) is 12.7. The van der Waals surface area contributed by atoms with Crippen molar-refractivity contribution in [2.45, 2.75) is 39.5 Å². The van der Waals surface area contributed by atoms with Gasteiger partial charge in [0.05, 0.1) is 52.4 Å². The summed E-state index contributed by atoms with van der Waals surface area (Å²) in [6.45, 7) is 9.96. The first kappa shape index (κ1) is 32.7. The molecule has 0 saturated heterocycles. The van der Waals surface area contributed by atoms with Gasteiger partial charge in [0, 0.05) is 38.0 Å². The molecule has 0 saturated carbocycles. The zero-order valence-corrected chi connectivity index (χ0v) is 25.5. The molecule has 0 aliphatic carbocycles. The summed E-state index contributed by atoms with van der Waals surface area (Å²) in [5, 5.41) is 10.9. The van der Waals surface area contributed by atoms with E-state index < -0.39 is 11.7 Å². The molecule has 42 heavy (non-hydrogen) atoms. The predicted octanol–water partition coefficient (Wildman–Crippen LogP) is 3.48. The average molecular weight is 582 g/mol. The van der Waals surface area contributed by atoms with Crippen LogP contribution in [0.4, 0.5) is 10.5 Å². The van der Waals surface area contributed by atoms with Gasteiger partial charge in [0.1, 0.15) is 18.3 Å². The molecular weight excluding hydrogens is 536 g/mol. The van der Waals surface area contributed by atoms with Gasteiger partial charge in [0.2, 0.25) is 0 Å². The van der Waals surface area contributed by atoms with E-state index in [1.165, 1.54) is 5.56 Å². The van der Waals surface area contributed by atoms with Crippen molar-refractivity contribution < 1.29 is 28.3 Å². The van der Waals surface area contributed by atoms with Gasteiger partial charge in [-0.3, -0.25) is 0 Å². The van der Waals surface area contributed by atoms with Gasteiger partial charge >= 0.3 is 6.09 Å². The van der Waals surface area contributed by atoms with Crippen LogP contribution >= 0.6 is 0 Å². The highest BCUT2D eigenvalue weighted by atomic mass is 16.6. The van der Waals surface area contributed by atoms with Gasteiger partial charge in [0.15, 0.2) is 12.4 Å². The number of aryl methyl sites for hydroxylation is 1. The van der Waals surface area contributed by atoms with Crippen LogP contribution in [-0.4, -0.2) is 79.9 Å². The zero-order valence-electron chi connectivity index (χ0n) is 25.5. The molecule has 1 aromatic carbocycles. The molecule has 228 valence electrons. The standard InChI is InChI=1S/C31H44N6O5/c1-31(2,3)42-30(38)32-14-19-39-22-23-40-21-18-37-24-28(33-34-37)25-41-20-17-36(5)29-10-8-26(9-11-29)6-7-27-12-15-35(4)16-13-27/h6-13,15-16,24H,14,17-23,25H2,1-5H3/p+1. The molecule has 3 aromatic rings. The number of anilines is 1. The summed E-state index contributed by atoms with van der Waals surface area (Å²) < 4.78 is 25.8. The van der Waals surface area contributed by atoms with Gasteiger partial charge in [-0.1, -0.05) is 29.5 Å². The highest BCUT2D eigenvalue weighted by molar-refractivity contribution is 5.70. The summed E-state index contributed by atoms with van der Waals surface area (Å²) in [5.41, 5.74) is 3.73. The number of amides is 1. The van der Waals surface area contributed by atoms with Gasteiger partial charge in [-0.2, -0.15) is 0 Å². The summed E-state index contributed by atoms with van der Waals surface area (Å²) in [6.07, 6.45) is 9.73. The Morgan fingerprint density at radius 1 is 0.952 bits per heavy atom. The van der Waals surface area contributed by atoms with E-state index in [2.05, 4.69) is 76.1 Å². The number of carbonyl (C=O) groups excluding carboxylic acids is 1. The van der Waals surface area contributed by atoms with E-state index in [4.69, 9.17) is 18.9 Å². The summed E-state index contributed by atoms with van der Waals surface area (Å²) >= 11 is 0. The van der Waals surface area contributed by atoms with Crippen molar-refractivity contribution in [2.24, 2.45) is 7.05 Å². The van der Waals surface area contributed by atoms with Gasteiger partial charge in [-0.05, 0) is 44.0 Å². The van der Waals surface area contributed by atoms with Crippen LogP contribution in [0, 0.1) is 0 Å². The molecule has 3 rings (SSSR count). The van der Waals surface area contributed by atoms with Crippen molar-refractivity contribution in [3.63, 3.8) is 0 Å². The molecule has 0 fully saturated rings. The monoisotopic (exact) mass is 581 g/mol. The highest BCUT2D eigenvalue weighted by Gasteiger charge is 2.15. The Balaban J connectivity index is 1.21. The quantitative estimate of drug-likeness (QED) is 0.191. The minimum atomic E-state index is -0.511. The van der Waals surface area contributed by atoms with Crippen LogP contribution in [0.2, 0.25) is 0 Å². The number of pyridine rings is 1. The first-order valence-electron chi connectivity index (χ1n) is 14.2. The third-order valence-electron chi connectivity index (χ3n) is 5.96. The molecule has 0 bridgehead atoms. The first-order chi connectivity index (χ1) is 20.2. The number of benzene rings is 1. The van der Waals surface area contributed by atoms with Gasteiger partial charge in [0.25, 0.3) is 0 Å². The van der Waals surface area contributed by atoms with E-state index in [0.29, 0.717) is 52.7 Å². The van der Waals surface area contributed by atoms with E-state index in [9.17, 15) is 4.79 Å². The van der Waals surface area contributed by atoms with Crippen molar-refractivity contribution >= 4 is 23.9 Å². The Morgan fingerprint density at radius 2 is 1.62 bits per heavy atom. The van der Waals surface area contributed by atoms with Gasteiger partial charge in [-0.15, -0.1) is 5.10 Å². The van der Waals surface area contributed by atoms with E-state index in [0.717, 1.165) is 23.5 Å². The number of hydrogen-bond acceptors (Lipinski definition) is 8. The number of aromatic nitrogens is 4. The van der Waals surface area contributed by atoms with Crippen LogP contribution in [0.1, 0.15) is 37.6 Å². The van der Waals surface area contributed by atoms with Gasteiger partial charge in [-0.25, -0.2) is 14.0 Å². The maximum absolute atomic E-state index is 11.5. The van der Waals surface area contributed by atoms with Crippen molar-refractivity contribution in [2.75, 3.05) is 58.1 Å². The molecule has 0 atom stereocenters. The molecule has 0 aliphatic heterocycles. The van der Waals surface area contributed by atoms with E-state index in [1.807, 2.05) is 51.0 Å². The molecular formula is C31H45N6O5+.